The molecule has 2 aliphatic rings. The molecule has 118 valence electrons. The van der Waals surface area contributed by atoms with Gasteiger partial charge in [-0.05, 0) is 49.5 Å². The third-order valence-electron chi connectivity index (χ3n) is 4.36. The van der Waals surface area contributed by atoms with Crippen LogP contribution in [0.5, 0.6) is 0 Å². The Bertz CT molecular complexity index is 569. The molecule has 0 spiro atoms. The zero-order chi connectivity index (χ0) is 15.5. The first-order chi connectivity index (χ1) is 10.6. The fourth-order valence-electron chi connectivity index (χ4n) is 3.06. The van der Waals surface area contributed by atoms with Crippen molar-refractivity contribution >= 4 is 17.4 Å². The summed E-state index contributed by atoms with van der Waals surface area (Å²) < 4.78 is 14.3. The molecule has 6 heteroatoms. The number of ketones is 1. The largest absolute Gasteiger partial charge is 0.365 e. The molecule has 3 rings (SSSR count). The van der Waals surface area contributed by atoms with E-state index in [1.54, 1.807) is 6.07 Å². The zero-order valence-electron chi connectivity index (χ0n) is 12.3. The summed E-state index contributed by atoms with van der Waals surface area (Å²) in [7, 11) is 0. The summed E-state index contributed by atoms with van der Waals surface area (Å²) in [5.41, 5.74) is 1.18. The Morgan fingerprint density at radius 1 is 1.14 bits per heavy atom. The van der Waals surface area contributed by atoms with Gasteiger partial charge in [-0.15, -0.1) is 0 Å². The highest BCUT2D eigenvalue weighted by molar-refractivity contribution is 6.09. The summed E-state index contributed by atoms with van der Waals surface area (Å²) in [6.07, 6.45) is 2.27. The van der Waals surface area contributed by atoms with Gasteiger partial charge in [0.25, 0.3) is 0 Å². The third kappa shape index (κ3) is 3.11. The average molecular weight is 305 g/mol. The van der Waals surface area contributed by atoms with Gasteiger partial charge in [-0.1, -0.05) is 6.07 Å². The van der Waals surface area contributed by atoms with Crippen LogP contribution in [0.2, 0.25) is 0 Å². The predicted octanol–water partition coefficient (Wildman–Crippen LogP) is 1.16. The molecule has 1 amide bonds. The standard InChI is InChI=1S/C16H20FN3O2/c17-12-9-11(10-3-6-18-7-4-10)1-2-13(12)20-15-14(21)5-8-19-16(15)22/h1-2,9-10,15,18,20H,3-8H2,(H,19,22). The van der Waals surface area contributed by atoms with E-state index < -0.39 is 17.8 Å². The van der Waals surface area contributed by atoms with E-state index in [9.17, 15) is 14.0 Å². The van der Waals surface area contributed by atoms with Gasteiger partial charge in [-0.2, -0.15) is 0 Å². The van der Waals surface area contributed by atoms with E-state index >= 15 is 0 Å². The monoisotopic (exact) mass is 305 g/mol. The quantitative estimate of drug-likeness (QED) is 0.733. The normalized spacial score (nSPS) is 23.2. The van der Waals surface area contributed by atoms with E-state index in [0.29, 0.717) is 12.5 Å². The van der Waals surface area contributed by atoms with Gasteiger partial charge in [0.2, 0.25) is 5.91 Å². The lowest BCUT2D eigenvalue weighted by molar-refractivity contribution is -0.131. The van der Waals surface area contributed by atoms with E-state index in [1.807, 2.05) is 6.07 Å². The van der Waals surface area contributed by atoms with Crippen molar-refractivity contribution < 1.29 is 14.0 Å². The molecular formula is C16H20FN3O2. The predicted molar refractivity (Wildman–Crippen MR) is 81.3 cm³/mol. The van der Waals surface area contributed by atoms with Crippen LogP contribution in [0, 0.1) is 5.82 Å². The molecule has 0 radical (unpaired) electrons. The number of carbonyl (C=O) groups excluding carboxylic acids is 2. The van der Waals surface area contributed by atoms with Gasteiger partial charge in [-0.25, -0.2) is 4.39 Å². The van der Waals surface area contributed by atoms with Crippen molar-refractivity contribution in [2.45, 2.75) is 31.2 Å². The molecule has 3 N–H and O–H groups in total. The van der Waals surface area contributed by atoms with Gasteiger partial charge in [0.05, 0.1) is 5.69 Å². The van der Waals surface area contributed by atoms with E-state index in [-0.39, 0.29) is 17.9 Å². The molecule has 22 heavy (non-hydrogen) atoms. The first kappa shape index (κ1) is 15.0. The number of rotatable bonds is 3. The Balaban J connectivity index is 1.74. The van der Waals surface area contributed by atoms with Crippen LogP contribution in [0.4, 0.5) is 10.1 Å². The lowest BCUT2D eigenvalue weighted by atomic mass is 9.90. The summed E-state index contributed by atoms with van der Waals surface area (Å²) >= 11 is 0. The average Bonchev–Trinajstić information content (AvgIpc) is 2.53. The first-order valence-electron chi connectivity index (χ1n) is 7.72. The fraction of sp³-hybridized carbons (Fsp3) is 0.500. The van der Waals surface area contributed by atoms with E-state index in [1.165, 1.54) is 6.07 Å². The molecule has 1 aromatic carbocycles. The van der Waals surface area contributed by atoms with E-state index in [2.05, 4.69) is 16.0 Å². The highest BCUT2D eigenvalue weighted by Gasteiger charge is 2.30. The molecule has 1 aromatic rings. The van der Waals surface area contributed by atoms with E-state index in [4.69, 9.17) is 0 Å². The van der Waals surface area contributed by atoms with E-state index in [0.717, 1.165) is 31.5 Å². The second-order valence-corrected chi connectivity index (χ2v) is 5.85. The first-order valence-corrected chi connectivity index (χ1v) is 7.72. The van der Waals surface area contributed by atoms with Crippen LogP contribution in [0.15, 0.2) is 18.2 Å². The number of benzene rings is 1. The second kappa shape index (κ2) is 6.44. The maximum atomic E-state index is 14.3. The number of nitrogens with one attached hydrogen (secondary N) is 3. The Hall–Kier alpha value is -1.95. The summed E-state index contributed by atoms with van der Waals surface area (Å²) in [6, 6.07) is 4.03. The van der Waals surface area contributed by atoms with Crippen LogP contribution in [0.1, 0.15) is 30.7 Å². The summed E-state index contributed by atoms with van der Waals surface area (Å²) in [5.74, 6) is -0.643. The molecule has 2 fully saturated rings. The molecule has 0 saturated carbocycles. The van der Waals surface area contributed by atoms with Gasteiger partial charge >= 0.3 is 0 Å². The number of Topliss-reactive ketones (excluding diaryl/α,β-unsaturated/α-hetero) is 1. The lowest BCUT2D eigenvalue weighted by Crippen LogP contribution is -2.50. The molecule has 2 saturated heterocycles. The molecule has 5 nitrogen and oxygen atoms in total. The van der Waals surface area contributed by atoms with Crippen molar-refractivity contribution in [1.82, 2.24) is 10.6 Å². The molecule has 0 aromatic heterocycles. The topological polar surface area (TPSA) is 70.2 Å². The van der Waals surface area contributed by atoms with Crippen molar-refractivity contribution in [3.05, 3.63) is 29.6 Å². The molecule has 0 aliphatic carbocycles. The van der Waals surface area contributed by atoms with Crippen molar-refractivity contribution in [2.24, 2.45) is 0 Å². The van der Waals surface area contributed by atoms with Crippen LogP contribution in [-0.4, -0.2) is 37.4 Å². The second-order valence-electron chi connectivity index (χ2n) is 5.85. The number of halogens is 1. The van der Waals surface area contributed by atoms with Crippen LogP contribution < -0.4 is 16.0 Å². The molecule has 2 heterocycles. The van der Waals surface area contributed by atoms with Crippen molar-refractivity contribution in [3.8, 4) is 0 Å². The summed E-state index contributed by atoms with van der Waals surface area (Å²) in [4.78, 5) is 23.5. The number of hydrogen-bond acceptors (Lipinski definition) is 4. The van der Waals surface area contributed by atoms with Gasteiger partial charge in [0, 0.05) is 13.0 Å². The Kier molecular flexibility index (Phi) is 4.38. The van der Waals surface area contributed by atoms with Crippen LogP contribution in [-0.2, 0) is 9.59 Å². The van der Waals surface area contributed by atoms with Gasteiger partial charge in [0.1, 0.15) is 5.82 Å². The highest BCUT2D eigenvalue weighted by atomic mass is 19.1. The zero-order valence-corrected chi connectivity index (χ0v) is 12.3. The highest BCUT2D eigenvalue weighted by Crippen LogP contribution is 2.28. The number of carbonyl (C=O) groups is 2. The lowest BCUT2D eigenvalue weighted by Gasteiger charge is -2.25. The smallest absolute Gasteiger partial charge is 0.250 e. The number of hydrogen-bond donors (Lipinski definition) is 3. The minimum atomic E-state index is -0.993. The molecule has 0 bridgehead atoms. The number of anilines is 1. The summed E-state index contributed by atoms with van der Waals surface area (Å²) in [5, 5.41) is 8.63. The fourth-order valence-corrected chi connectivity index (χ4v) is 3.06. The van der Waals surface area contributed by atoms with Crippen LogP contribution in [0.3, 0.4) is 0 Å². The minimum Gasteiger partial charge on any atom is -0.365 e. The van der Waals surface area contributed by atoms with Gasteiger partial charge in [-0.3, -0.25) is 9.59 Å². The Morgan fingerprint density at radius 2 is 1.91 bits per heavy atom. The molecular weight excluding hydrogens is 285 g/mol. The number of amides is 1. The third-order valence-corrected chi connectivity index (χ3v) is 4.36. The van der Waals surface area contributed by atoms with Crippen molar-refractivity contribution in [1.29, 1.82) is 0 Å². The molecule has 1 atom stereocenters. The molecule has 1 unspecified atom stereocenters. The minimum absolute atomic E-state index is 0.202. The van der Waals surface area contributed by atoms with Crippen molar-refractivity contribution in [3.63, 3.8) is 0 Å². The van der Waals surface area contributed by atoms with Crippen LogP contribution in [0.25, 0.3) is 0 Å². The maximum Gasteiger partial charge on any atom is 0.250 e. The van der Waals surface area contributed by atoms with Gasteiger partial charge in [0.15, 0.2) is 11.8 Å². The Morgan fingerprint density at radius 3 is 2.59 bits per heavy atom. The summed E-state index contributed by atoms with van der Waals surface area (Å²) in [6.45, 7) is 2.25. The maximum absolute atomic E-state index is 14.3. The SMILES string of the molecule is O=C1CCNC(=O)C1Nc1ccc(C2CCNCC2)cc1F. The molecule has 2 aliphatic heterocycles. The van der Waals surface area contributed by atoms with Crippen LogP contribution >= 0.6 is 0 Å². The van der Waals surface area contributed by atoms with Gasteiger partial charge < -0.3 is 16.0 Å². The Labute approximate surface area is 128 Å². The number of piperidine rings is 2. The van der Waals surface area contributed by atoms with Crippen molar-refractivity contribution in [2.75, 3.05) is 25.0 Å².